The number of thiophene rings is 1. The normalized spacial score (nSPS) is 14.5. The van der Waals surface area contributed by atoms with Gasteiger partial charge in [0, 0.05) is 23.6 Å². The van der Waals surface area contributed by atoms with Gasteiger partial charge in [0.05, 0.1) is 23.3 Å². The first kappa shape index (κ1) is 26.3. The molecule has 3 aromatic heterocycles. The Hall–Kier alpha value is -2.92. The molecule has 1 N–H and O–H groups in total. The largest absolute Gasteiger partial charge is 0.370 e. The van der Waals surface area contributed by atoms with Gasteiger partial charge in [0.25, 0.3) is 0 Å². The van der Waals surface area contributed by atoms with Crippen molar-refractivity contribution in [1.29, 1.82) is 0 Å². The van der Waals surface area contributed by atoms with Gasteiger partial charge in [0.2, 0.25) is 5.91 Å². The Morgan fingerprint density at radius 1 is 1.03 bits per heavy atom. The average molecular weight is 576 g/mol. The fourth-order valence-corrected chi connectivity index (χ4v) is 7.60. The number of nitrogens with zero attached hydrogens (tertiary/aromatic N) is 4. The molecule has 10 heteroatoms. The summed E-state index contributed by atoms with van der Waals surface area (Å²) in [5.41, 5.74) is 4.24. The zero-order valence-corrected chi connectivity index (χ0v) is 24.3. The Labute approximate surface area is 239 Å². The fourth-order valence-electron chi connectivity index (χ4n) is 4.67. The molecule has 0 saturated carbocycles. The van der Waals surface area contributed by atoms with Crippen LogP contribution in [0, 0.1) is 0 Å². The molecule has 0 unspecified atom stereocenters. The molecule has 2 aromatic carbocycles. The topological polar surface area (TPSA) is 81.4 Å². The summed E-state index contributed by atoms with van der Waals surface area (Å²) in [5.74, 6) is 1.02. The van der Waals surface area contributed by atoms with Crippen LogP contribution >= 0.6 is 34.9 Å². The molecular weight excluding hydrogens is 547 g/mol. The van der Waals surface area contributed by atoms with Gasteiger partial charge in [-0.2, -0.15) is 0 Å². The highest BCUT2D eigenvalue weighted by molar-refractivity contribution is 8.00. The molecule has 1 aliphatic rings. The first-order valence-electron chi connectivity index (χ1n) is 12.9. The van der Waals surface area contributed by atoms with Crippen LogP contribution < -0.4 is 5.32 Å². The van der Waals surface area contributed by atoms with Crippen LogP contribution in [0.25, 0.3) is 15.9 Å². The third-order valence-electron chi connectivity index (χ3n) is 6.64. The van der Waals surface area contributed by atoms with Crippen molar-refractivity contribution in [3.63, 3.8) is 0 Å². The summed E-state index contributed by atoms with van der Waals surface area (Å²) < 4.78 is 8.12. The van der Waals surface area contributed by atoms with Gasteiger partial charge in [-0.25, -0.2) is 9.38 Å². The lowest BCUT2D eigenvalue weighted by Crippen LogP contribution is -2.31. The number of aromatic nitrogens is 4. The molecule has 0 radical (unpaired) electrons. The second-order valence-corrected chi connectivity index (χ2v) is 13.1. The van der Waals surface area contributed by atoms with Crippen molar-refractivity contribution in [1.82, 2.24) is 24.9 Å². The summed E-state index contributed by atoms with van der Waals surface area (Å²) in [4.78, 5) is 20.0. The number of carbonyl (C=O) groups is 1. The highest BCUT2D eigenvalue weighted by Crippen LogP contribution is 2.41. The smallest absolute Gasteiger partial charge is 0.230 e. The summed E-state index contributed by atoms with van der Waals surface area (Å²) in [6.45, 7) is 5.43. The van der Waals surface area contributed by atoms with Crippen LogP contribution in [0.2, 0.25) is 0 Å². The highest BCUT2D eigenvalue weighted by atomic mass is 32.2. The van der Waals surface area contributed by atoms with Gasteiger partial charge in [-0.05, 0) is 37.0 Å². The Morgan fingerprint density at radius 3 is 2.54 bits per heavy atom. The van der Waals surface area contributed by atoms with E-state index in [1.54, 1.807) is 23.1 Å². The number of ether oxygens (including phenoxy) is 1. The molecule has 4 heterocycles. The van der Waals surface area contributed by atoms with Crippen molar-refractivity contribution in [2.75, 3.05) is 12.3 Å². The van der Waals surface area contributed by atoms with Gasteiger partial charge in [0.15, 0.2) is 16.0 Å². The maximum absolute atomic E-state index is 12.7. The Bertz CT molecular complexity index is 1620. The van der Waals surface area contributed by atoms with E-state index >= 15 is 0 Å². The number of rotatable bonds is 9. The fraction of sp³-hybridized carbons (Fsp3) is 0.310. The summed E-state index contributed by atoms with van der Waals surface area (Å²) in [5, 5.41) is 14.8. The van der Waals surface area contributed by atoms with E-state index in [9.17, 15) is 4.79 Å². The van der Waals surface area contributed by atoms with Gasteiger partial charge < -0.3 is 10.1 Å². The van der Waals surface area contributed by atoms with Gasteiger partial charge in [-0.1, -0.05) is 84.2 Å². The number of benzene rings is 2. The maximum Gasteiger partial charge on any atom is 0.230 e. The summed E-state index contributed by atoms with van der Waals surface area (Å²) >= 11 is 4.74. The first-order chi connectivity index (χ1) is 19.0. The molecular formula is C29H29N5O2S3. The number of thioether (sulfide) groups is 2. The van der Waals surface area contributed by atoms with Gasteiger partial charge in [-0.15, -0.1) is 21.5 Å². The molecule has 1 amide bonds. The number of carbonyl (C=O) groups excluding carboxylic acids is 1. The van der Waals surface area contributed by atoms with E-state index in [0.717, 1.165) is 39.6 Å². The van der Waals surface area contributed by atoms with Crippen molar-refractivity contribution < 1.29 is 9.53 Å². The average Bonchev–Trinajstić information content (AvgIpc) is 3.52. The number of hydrogen-bond acceptors (Lipinski definition) is 8. The lowest BCUT2D eigenvalue weighted by Gasteiger charge is -2.30. The monoisotopic (exact) mass is 575 g/mol. The molecule has 1 aliphatic heterocycles. The molecule has 0 saturated heterocycles. The van der Waals surface area contributed by atoms with Crippen molar-refractivity contribution in [3.8, 4) is 0 Å². The van der Waals surface area contributed by atoms with Gasteiger partial charge >= 0.3 is 0 Å². The van der Waals surface area contributed by atoms with E-state index in [-0.39, 0.29) is 17.3 Å². The number of amides is 1. The summed E-state index contributed by atoms with van der Waals surface area (Å²) in [7, 11) is 0. The van der Waals surface area contributed by atoms with Crippen molar-refractivity contribution in [2.45, 2.75) is 55.0 Å². The van der Waals surface area contributed by atoms with E-state index < -0.39 is 0 Å². The van der Waals surface area contributed by atoms with Gasteiger partial charge in [-0.3, -0.25) is 4.79 Å². The second-order valence-electron chi connectivity index (χ2n) is 10.1. The van der Waals surface area contributed by atoms with E-state index in [1.165, 1.54) is 33.3 Å². The molecule has 7 nitrogen and oxygen atoms in total. The number of fused-ring (bicyclic) bond motifs is 5. The zero-order chi connectivity index (χ0) is 26.8. The van der Waals surface area contributed by atoms with E-state index in [2.05, 4.69) is 53.6 Å². The van der Waals surface area contributed by atoms with Crippen LogP contribution in [-0.4, -0.2) is 43.4 Å². The van der Waals surface area contributed by atoms with E-state index in [1.807, 2.05) is 40.8 Å². The van der Waals surface area contributed by atoms with E-state index in [0.29, 0.717) is 18.3 Å². The quantitative estimate of drug-likeness (QED) is 0.172. The Morgan fingerprint density at radius 2 is 1.77 bits per heavy atom. The maximum atomic E-state index is 12.7. The van der Waals surface area contributed by atoms with Crippen LogP contribution in [0.15, 0.2) is 71.0 Å². The number of nitrogens with one attached hydrogen (secondary N) is 1. The minimum absolute atomic E-state index is 0.0213. The van der Waals surface area contributed by atoms with Crippen LogP contribution in [0.4, 0.5) is 0 Å². The molecule has 0 atom stereocenters. The lowest BCUT2D eigenvalue weighted by atomic mass is 9.94. The first-order valence-corrected chi connectivity index (χ1v) is 15.7. The Balaban J connectivity index is 1.27. The van der Waals surface area contributed by atoms with Crippen molar-refractivity contribution in [2.24, 2.45) is 0 Å². The number of hydrogen-bond donors (Lipinski definition) is 1. The molecule has 0 aliphatic carbocycles. The summed E-state index contributed by atoms with van der Waals surface area (Å²) in [6.07, 6.45) is 1.60. The second kappa shape index (κ2) is 11.3. The standard InChI is InChI=1S/C29H29N5O2S3/c1-29(2)15-21-22(16-36-29)39-26-24(21)25-32-33-28(34(25)27(31-26)37-17-20-11-7-4-8-12-20)38-18-23(35)30-14-13-19-9-5-3-6-10-19/h3-12H,13-18H2,1-2H3,(H,30,35). The summed E-state index contributed by atoms with van der Waals surface area (Å²) in [6, 6.07) is 20.5. The highest BCUT2D eigenvalue weighted by Gasteiger charge is 2.31. The van der Waals surface area contributed by atoms with Crippen LogP contribution in [0.5, 0.6) is 0 Å². The molecule has 0 spiro atoms. The molecule has 0 bridgehead atoms. The lowest BCUT2D eigenvalue weighted by molar-refractivity contribution is -0.118. The zero-order valence-electron chi connectivity index (χ0n) is 21.8. The molecule has 39 heavy (non-hydrogen) atoms. The SMILES string of the molecule is CC1(C)Cc2c(sc3nc(SCc4ccccc4)n4c(SCC(=O)NCCc5ccccc5)nnc4c23)CO1. The van der Waals surface area contributed by atoms with Crippen molar-refractivity contribution >= 4 is 56.6 Å². The predicted molar refractivity (Wildman–Crippen MR) is 159 cm³/mol. The molecule has 0 fully saturated rings. The van der Waals surface area contributed by atoms with Gasteiger partial charge in [0.1, 0.15) is 4.83 Å². The molecule has 6 rings (SSSR count). The van der Waals surface area contributed by atoms with Crippen LogP contribution in [0.1, 0.15) is 35.4 Å². The molecule has 5 aromatic rings. The minimum atomic E-state index is -0.242. The Kier molecular flexibility index (Phi) is 7.61. The van der Waals surface area contributed by atoms with Crippen LogP contribution in [-0.2, 0) is 34.7 Å². The predicted octanol–water partition coefficient (Wildman–Crippen LogP) is 5.93. The third kappa shape index (κ3) is 5.84. The van der Waals surface area contributed by atoms with Crippen molar-refractivity contribution in [3.05, 3.63) is 82.2 Å². The molecule has 200 valence electrons. The van der Waals surface area contributed by atoms with Crippen LogP contribution in [0.3, 0.4) is 0 Å². The van der Waals surface area contributed by atoms with E-state index in [4.69, 9.17) is 9.72 Å². The third-order valence-corrected chi connectivity index (χ3v) is 9.67. The minimum Gasteiger partial charge on any atom is -0.370 e.